The molecule has 0 aliphatic carbocycles. The van der Waals surface area contributed by atoms with Gasteiger partial charge in [-0.05, 0) is 19.1 Å². The van der Waals surface area contributed by atoms with Gasteiger partial charge in [0.1, 0.15) is 5.84 Å². The van der Waals surface area contributed by atoms with E-state index in [1.807, 2.05) is 16.9 Å². The van der Waals surface area contributed by atoms with E-state index in [1.54, 1.807) is 0 Å². The van der Waals surface area contributed by atoms with Gasteiger partial charge in [0.25, 0.3) is 0 Å². The van der Waals surface area contributed by atoms with Crippen LogP contribution in [0.3, 0.4) is 0 Å². The Bertz CT molecular complexity index is 857. The molecule has 9 nitrogen and oxygen atoms in total. The second kappa shape index (κ2) is 10.5. The maximum atomic E-state index is 9.55. The number of aliphatic carboxylic acids is 2. The lowest BCUT2D eigenvalue weighted by Crippen LogP contribution is -2.26. The molecular weight excluding hydrogens is 362 g/mol. The van der Waals surface area contributed by atoms with Crippen molar-refractivity contribution >= 4 is 23.5 Å². The maximum Gasteiger partial charge on any atom is 0.328 e. The standard InChI is InChI=1S/C15H19N5.C4H4O4/c1-2-20-14(7-8-19-20)12-5-3-4-6-13(12)18-11-15-16-9-10-17-15;5-3(6)1-2-4(7)8/h3-8,18H,2,9-11H2,1H3,(H,16,17);1-2H,(H,5,6)(H,7,8)/b;2-1+. The minimum absolute atomic E-state index is 0.558. The molecule has 0 bridgehead atoms. The van der Waals surface area contributed by atoms with Crippen LogP contribution in [-0.4, -0.2) is 57.4 Å². The van der Waals surface area contributed by atoms with E-state index < -0.39 is 11.9 Å². The fraction of sp³-hybridized carbons (Fsp3) is 0.263. The number of carboxylic acid groups (broad SMARTS) is 2. The second-order valence-electron chi connectivity index (χ2n) is 5.70. The fourth-order valence-electron chi connectivity index (χ4n) is 2.56. The molecule has 9 heteroatoms. The van der Waals surface area contributed by atoms with Gasteiger partial charge in [-0.25, -0.2) is 9.59 Å². The highest BCUT2D eigenvalue weighted by atomic mass is 16.4. The van der Waals surface area contributed by atoms with Crippen molar-refractivity contribution in [3.8, 4) is 11.3 Å². The molecule has 1 aromatic carbocycles. The molecule has 0 radical (unpaired) electrons. The van der Waals surface area contributed by atoms with Gasteiger partial charge in [-0.15, -0.1) is 0 Å². The minimum atomic E-state index is -1.26. The third-order valence-corrected chi connectivity index (χ3v) is 3.78. The van der Waals surface area contributed by atoms with Crippen LogP contribution in [0.5, 0.6) is 0 Å². The van der Waals surface area contributed by atoms with E-state index in [2.05, 4.69) is 51.9 Å². The summed E-state index contributed by atoms with van der Waals surface area (Å²) in [6.45, 7) is 5.52. The van der Waals surface area contributed by atoms with Gasteiger partial charge < -0.3 is 20.8 Å². The molecule has 0 saturated heterocycles. The van der Waals surface area contributed by atoms with Crippen LogP contribution in [0.2, 0.25) is 0 Å². The van der Waals surface area contributed by atoms with E-state index in [4.69, 9.17) is 10.2 Å². The van der Waals surface area contributed by atoms with Crippen LogP contribution in [-0.2, 0) is 16.1 Å². The van der Waals surface area contributed by atoms with Gasteiger partial charge in [0, 0.05) is 42.7 Å². The number of nitrogens with zero attached hydrogens (tertiary/aromatic N) is 3. The van der Waals surface area contributed by atoms with E-state index in [9.17, 15) is 9.59 Å². The average molecular weight is 385 g/mol. The first-order valence-electron chi connectivity index (χ1n) is 8.77. The topological polar surface area (TPSA) is 129 Å². The number of carbonyl (C=O) groups is 2. The summed E-state index contributed by atoms with van der Waals surface area (Å²) in [5.41, 5.74) is 3.42. The number of hydrogen-bond acceptors (Lipinski definition) is 6. The van der Waals surface area contributed by atoms with E-state index in [0.29, 0.717) is 12.2 Å². The maximum absolute atomic E-state index is 9.55. The Balaban J connectivity index is 0.000000300. The van der Waals surface area contributed by atoms with Gasteiger partial charge in [-0.1, -0.05) is 18.2 Å². The summed E-state index contributed by atoms with van der Waals surface area (Å²) < 4.78 is 2.01. The van der Waals surface area contributed by atoms with Gasteiger partial charge >= 0.3 is 11.9 Å². The molecule has 1 aliphatic rings. The largest absolute Gasteiger partial charge is 0.478 e. The van der Waals surface area contributed by atoms with Gasteiger partial charge in [-0.3, -0.25) is 9.67 Å². The molecule has 1 aromatic heterocycles. The molecule has 2 aromatic rings. The zero-order chi connectivity index (χ0) is 20.4. The number of aromatic nitrogens is 2. The molecule has 0 saturated carbocycles. The number of carboxylic acids is 2. The van der Waals surface area contributed by atoms with Crippen LogP contribution in [0.25, 0.3) is 11.3 Å². The number of nitrogens with one attached hydrogen (secondary N) is 2. The Morgan fingerprint density at radius 1 is 1.21 bits per heavy atom. The van der Waals surface area contributed by atoms with Crippen LogP contribution in [0.15, 0.2) is 53.7 Å². The molecule has 28 heavy (non-hydrogen) atoms. The summed E-state index contributed by atoms with van der Waals surface area (Å²) in [5, 5.41) is 26.7. The molecule has 4 N–H and O–H groups in total. The predicted octanol–water partition coefficient (Wildman–Crippen LogP) is 1.70. The van der Waals surface area contributed by atoms with Crippen molar-refractivity contribution in [3.05, 3.63) is 48.7 Å². The average Bonchev–Trinajstić information content (AvgIpc) is 3.37. The highest BCUT2D eigenvalue weighted by Crippen LogP contribution is 2.27. The third kappa shape index (κ3) is 6.27. The first-order chi connectivity index (χ1) is 13.5. The van der Waals surface area contributed by atoms with Crippen LogP contribution in [0.4, 0.5) is 5.69 Å². The highest BCUT2D eigenvalue weighted by molar-refractivity contribution is 5.90. The minimum Gasteiger partial charge on any atom is -0.478 e. The normalized spacial score (nSPS) is 12.7. The zero-order valence-electron chi connectivity index (χ0n) is 15.5. The summed E-state index contributed by atoms with van der Waals surface area (Å²) in [6, 6.07) is 10.4. The Morgan fingerprint density at radius 3 is 2.54 bits per heavy atom. The van der Waals surface area contributed by atoms with Gasteiger partial charge in [-0.2, -0.15) is 5.10 Å². The Kier molecular flexibility index (Phi) is 7.77. The number of hydrogen-bond donors (Lipinski definition) is 4. The molecular formula is C19H23N5O4. The van der Waals surface area contributed by atoms with Crippen molar-refractivity contribution < 1.29 is 19.8 Å². The summed E-state index contributed by atoms with van der Waals surface area (Å²) in [6.07, 6.45) is 2.96. The van der Waals surface area contributed by atoms with Crippen LogP contribution in [0, 0.1) is 0 Å². The molecule has 148 valence electrons. The highest BCUT2D eigenvalue weighted by Gasteiger charge is 2.10. The third-order valence-electron chi connectivity index (χ3n) is 3.78. The quantitative estimate of drug-likeness (QED) is 0.534. The summed E-state index contributed by atoms with van der Waals surface area (Å²) in [7, 11) is 0. The molecule has 3 rings (SSSR count). The fourth-order valence-corrected chi connectivity index (χ4v) is 2.56. The number of anilines is 1. The lowest BCUT2D eigenvalue weighted by Gasteiger charge is -2.13. The Morgan fingerprint density at radius 2 is 1.93 bits per heavy atom. The molecule has 0 unspecified atom stereocenters. The number of para-hydroxylation sites is 1. The van der Waals surface area contributed by atoms with E-state index in [0.717, 1.165) is 43.4 Å². The Labute approximate surface area is 162 Å². The lowest BCUT2D eigenvalue weighted by atomic mass is 10.1. The number of aliphatic imine (C=N–C) groups is 1. The molecule has 0 fully saturated rings. The summed E-state index contributed by atoms with van der Waals surface area (Å²) >= 11 is 0. The number of rotatable bonds is 7. The second-order valence-corrected chi connectivity index (χ2v) is 5.70. The number of benzene rings is 1. The molecule has 0 amide bonds. The first-order valence-corrected chi connectivity index (χ1v) is 8.77. The monoisotopic (exact) mass is 385 g/mol. The molecule has 0 atom stereocenters. The van der Waals surface area contributed by atoms with Gasteiger partial charge in [0.05, 0.1) is 18.8 Å². The van der Waals surface area contributed by atoms with E-state index in [-0.39, 0.29) is 0 Å². The van der Waals surface area contributed by atoms with E-state index >= 15 is 0 Å². The lowest BCUT2D eigenvalue weighted by molar-refractivity contribution is -0.134. The summed E-state index contributed by atoms with van der Waals surface area (Å²) in [5.74, 6) is -1.48. The van der Waals surface area contributed by atoms with Crippen molar-refractivity contribution in [2.75, 3.05) is 25.0 Å². The van der Waals surface area contributed by atoms with Crippen molar-refractivity contribution in [3.63, 3.8) is 0 Å². The van der Waals surface area contributed by atoms with Crippen LogP contribution < -0.4 is 10.6 Å². The van der Waals surface area contributed by atoms with Crippen molar-refractivity contribution in [2.45, 2.75) is 13.5 Å². The molecule has 2 heterocycles. The van der Waals surface area contributed by atoms with Crippen LogP contribution >= 0.6 is 0 Å². The molecule has 0 spiro atoms. The van der Waals surface area contributed by atoms with Gasteiger partial charge in [0.2, 0.25) is 0 Å². The zero-order valence-corrected chi connectivity index (χ0v) is 15.5. The van der Waals surface area contributed by atoms with Gasteiger partial charge in [0.15, 0.2) is 0 Å². The van der Waals surface area contributed by atoms with Crippen molar-refractivity contribution in [1.29, 1.82) is 0 Å². The Hall–Kier alpha value is -3.62. The SMILES string of the molecule is CCn1nccc1-c1ccccc1NCC1=NCCN1.O=C(O)/C=C/C(=O)O. The first kappa shape index (κ1) is 20.7. The summed E-state index contributed by atoms with van der Waals surface area (Å²) in [4.78, 5) is 23.5. The number of amidine groups is 1. The molecule has 1 aliphatic heterocycles. The predicted molar refractivity (Wildman–Crippen MR) is 107 cm³/mol. The van der Waals surface area contributed by atoms with Crippen molar-refractivity contribution in [1.82, 2.24) is 15.1 Å². The van der Waals surface area contributed by atoms with Crippen molar-refractivity contribution in [2.24, 2.45) is 4.99 Å². The smallest absolute Gasteiger partial charge is 0.328 e. The van der Waals surface area contributed by atoms with E-state index in [1.165, 1.54) is 5.56 Å². The number of aryl methyl sites for hydroxylation is 1. The van der Waals surface area contributed by atoms with Crippen LogP contribution in [0.1, 0.15) is 6.92 Å².